The quantitative estimate of drug-likeness (QED) is 0.881. The molecular formula is C17H21N3O3S. The molecule has 1 amide bonds. The minimum absolute atomic E-state index is 0.0228. The number of amides is 1. The zero-order chi connectivity index (χ0) is 16.9. The number of aryl methyl sites for hydroxylation is 2. The van der Waals surface area contributed by atoms with E-state index in [2.05, 4.69) is 20.9 Å². The molecule has 2 unspecified atom stereocenters. The van der Waals surface area contributed by atoms with E-state index in [4.69, 9.17) is 0 Å². The van der Waals surface area contributed by atoms with Crippen LogP contribution in [0, 0.1) is 12.8 Å². The van der Waals surface area contributed by atoms with Crippen LogP contribution in [0.1, 0.15) is 29.8 Å². The molecule has 1 aliphatic carbocycles. The van der Waals surface area contributed by atoms with E-state index in [0.29, 0.717) is 12.8 Å². The average Bonchev–Trinajstić information content (AvgIpc) is 3.06. The van der Waals surface area contributed by atoms with Crippen molar-refractivity contribution >= 4 is 21.4 Å². The number of nitrogens with zero attached hydrogens (tertiary/aromatic N) is 2. The predicted molar refractivity (Wildman–Crippen MR) is 90.6 cm³/mol. The Morgan fingerprint density at radius 1 is 1.33 bits per heavy atom. The molecule has 24 heavy (non-hydrogen) atoms. The number of pyridine rings is 1. The Bertz CT molecular complexity index is 917. The highest BCUT2D eigenvalue weighted by Gasteiger charge is 2.33. The van der Waals surface area contributed by atoms with Crippen LogP contribution < -0.4 is 5.32 Å². The molecule has 4 rings (SSSR count). The van der Waals surface area contributed by atoms with Gasteiger partial charge in [-0.1, -0.05) is 6.07 Å². The van der Waals surface area contributed by atoms with Crippen molar-refractivity contribution in [3.8, 4) is 0 Å². The molecule has 2 aromatic heterocycles. The molecule has 6 nitrogen and oxygen atoms in total. The third-order valence-electron chi connectivity index (χ3n) is 5.07. The number of rotatable bonds is 2. The number of sulfone groups is 1. The van der Waals surface area contributed by atoms with Gasteiger partial charge in [0.2, 0.25) is 5.91 Å². The summed E-state index contributed by atoms with van der Waals surface area (Å²) >= 11 is 0. The van der Waals surface area contributed by atoms with Gasteiger partial charge in [0, 0.05) is 30.3 Å². The van der Waals surface area contributed by atoms with Gasteiger partial charge in [-0.3, -0.25) is 4.79 Å². The number of carbonyl (C=O) groups excluding carboxylic acids is 1. The van der Waals surface area contributed by atoms with E-state index in [-0.39, 0.29) is 29.4 Å². The van der Waals surface area contributed by atoms with Crippen LogP contribution in [-0.4, -0.2) is 41.3 Å². The number of hydrogen-bond acceptors (Lipinski definition) is 4. The number of fused-ring (bicyclic) bond motifs is 3. The van der Waals surface area contributed by atoms with Crippen LogP contribution in [-0.2, 0) is 27.5 Å². The molecule has 0 spiro atoms. The van der Waals surface area contributed by atoms with Crippen LogP contribution in [0.3, 0.4) is 0 Å². The molecule has 2 aromatic rings. The molecule has 128 valence electrons. The normalized spacial score (nSPS) is 25.5. The summed E-state index contributed by atoms with van der Waals surface area (Å²) in [4.78, 5) is 17.2. The fourth-order valence-electron chi connectivity index (χ4n) is 3.76. The van der Waals surface area contributed by atoms with Crippen molar-refractivity contribution in [1.82, 2.24) is 14.7 Å². The molecule has 1 saturated heterocycles. The summed E-state index contributed by atoms with van der Waals surface area (Å²) in [5.41, 5.74) is 4.27. The van der Waals surface area contributed by atoms with Gasteiger partial charge in [0.05, 0.1) is 17.2 Å². The van der Waals surface area contributed by atoms with Gasteiger partial charge in [0.15, 0.2) is 9.84 Å². The zero-order valence-electron chi connectivity index (χ0n) is 13.7. The third kappa shape index (κ3) is 2.81. The summed E-state index contributed by atoms with van der Waals surface area (Å²) in [6, 6.07) is 3.82. The topological polar surface area (TPSA) is 80.5 Å². The van der Waals surface area contributed by atoms with Crippen molar-refractivity contribution in [3.63, 3.8) is 0 Å². The summed E-state index contributed by atoms with van der Waals surface area (Å²) in [7, 11) is -2.97. The number of nitrogens with one attached hydrogen (secondary N) is 1. The van der Waals surface area contributed by atoms with Crippen LogP contribution >= 0.6 is 0 Å². The summed E-state index contributed by atoms with van der Waals surface area (Å²) in [5.74, 6) is 0.122. The van der Waals surface area contributed by atoms with E-state index in [0.717, 1.165) is 35.4 Å². The lowest BCUT2D eigenvalue weighted by atomic mass is 9.89. The van der Waals surface area contributed by atoms with Crippen LogP contribution in [0.25, 0.3) is 5.65 Å². The van der Waals surface area contributed by atoms with E-state index in [1.165, 1.54) is 0 Å². The lowest BCUT2D eigenvalue weighted by Gasteiger charge is -2.23. The van der Waals surface area contributed by atoms with Crippen molar-refractivity contribution in [2.75, 3.05) is 11.5 Å². The van der Waals surface area contributed by atoms with Gasteiger partial charge in [0.1, 0.15) is 5.65 Å². The Morgan fingerprint density at radius 2 is 2.17 bits per heavy atom. The summed E-state index contributed by atoms with van der Waals surface area (Å²) in [5, 5.41) is 2.94. The number of imidazole rings is 1. The van der Waals surface area contributed by atoms with Gasteiger partial charge in [-0.25, -0.2) is 13.4 Å². The van der Waals surface area contributed by atoms with Crippen molar-refractivity contribution in [3.05, 3.63) is 35.3 Å². The van der Waals surface area contributed by atoms with Crippen LogP contribution in [0.5, 0.6) is 0 Å². The average molecular weight is 347 g/mol. The largest absolute Gasteiger partial charge is 0.352 e. The summed E-state index contributed by atoms with van der Waals surface area (Å²) in [6.07, 6.45) is 4.80. The molecule has 0 saturated carbocycles. The van der Waals surface area contributed by atoms with Gasteiger partial charge >= 0.3 is 0 Å². The molecule has 0 bridgehead atoms. The van der Waals surface area contributed by atoms with E-state index in [9.17, 15) is 13.2 Å². The fraction of sp³-hybridized carbons (Fsp3) is 0.529. The van der Waals surface area contributed by atoms with E-state index < -0.39 is 9.84 Å². The molecule has 3 heterocycles. The fourth-order valence-corrected chi connectivity index (χ4v) is 5.44. The molecular weight excluding hydrogens is 326 g/mol. The van der Waals surface area contributed by atoms with Crippen LogP contribution in [0.4, 0.5) is 0 Å². The Hall–Kier alpha value is -1.89. The van der Waals surface area contributed by atoms with Gasteiger partial charge in [-0.2, -0.15) is 0 Å². The first-order chi connectivity index (χ1) is 11.4. The van der Waals surface area contributed by atoms with E-state index in [1.54, 1.807) is 0 Å². The number of carbonyl (C=O) groups is 1. The summed E-state index contributed by atoms with van der Waals surface area (Å²) < 4.78 is 25.2. The third-order valence-corrected chi connectivity index (χ3v) is 6.84. The molecule has 0 aromatic carbocycles. The standard InChI is InChI=1S/C17H21N3O3S/c1-11-2-5-16-19-14-4-3-12(8-15(14)20(16)9-11)17(21)18-13-6-7-24(22,23)10-13/h2,5,9,12-13H,3-4,6-8,10H2,1H3,(H,18,21). The maximum absolute atomic E-state index is 12.6. The minimum atomic E-state index is -2.97. The maximum Gasteiger partial charge on any atom is 0.223 e. The van der Waals surface area contributed by atoms with E-state index in [1.807, 2.05) is 19.1 Å². The Labute approximate surface area is 141 Å². The van der Waals surface area contributed by atoms with Gasteiger partial charge < -0.3 is 9.72 Å². The maximum atomic E-state index is 12.6. The first-order valence-electron chi connectivity index (χ1n) is 8.38. The van der Waals surface area contributed by atoms with Gasteiger partial charge in [0.25, 0.3) is 0 Å². The highest BCUT2D eigenvalue weighted by molar-refractivity contribution is 7.91. The molecule has 7 heteroatoms. The van der Waals surface area contributed by atoms with Gasteiger partial charge in [-0.05, 0) is 37.8 Å². The van der Waals surface area contributed by atoms with Gasteiger partial charge in [-0.15, -0.1) is 0 Å². The Morgan fingerprint density at radius 3 is 2.92 bits per heavy atom. The SMILES string of the molecule is Cc1ccc2nc3c(n2c1)CC(C(=O)NC1CCS(=O)(=O)C1)CC3. The second-order valence-corrected chi connectivity index (χ2v) is 9.22. The molecule has 1 fully saturated rings. The highest BCUT2D eigenvalue weighted by Crippen LogP contribution is 2.27. The molecule has 2 atom stereocenters. The Balaban J connectivity index is 1.52. The van der Waals surface area contributed by atoms with Crippen molar-refractivity contribution < 1.29 is 13.2 Å². The smallest absolute Gasteiger partial charge is 0.223 e. The number of aromatic nitrogens is 2. The first-order valence-corrected chi connectivity index (χ1v) is 10.2. The minimum Gasteiger partial charge on any atom is -0.352 e. The summed E-state index contributed by atoms with van der Waals surface area (Å²) in [6.45, 7) is 2.04. The lowest BCUT2D eigenvalue weighted by Crippen LogP contribution is -2.41. The highest BCUT2D eigenvalue weighted by atomic mass is 32.2. The number of hydrogen-bond donors (Lipinski definition) is 1. The van der Waals surface area contributed by atoms with Crippen molar-refractivity contribution in [2.45, 2.75) is 38.6 Å². The molecule has 2 aliphatic rings. The van der Waals surface area contributed by atoms with Crippen molar-refractivity contribution in [2.24, 2.45) is 5.92 Å². The molecule has 1 N–H and O–H groups in total. The monoisotopic (exact) mass is 347 g/mol. The predicted octanol–water partition coefficient (Wildman–Crippen LogP) is 1.05. The molecule has 1 aliphatic heterocycles. The molecule has 0 radical (unpaired) electrons. The van der Waals surface area contributed by atoms with Crippen LogP contribution in [0.15, 0.2) is 18.3 Å². The second-order valence-electron chi connectivity index (χ2n) is 6.99. The lowest BCUT2D eigenvalue weighted by molar-refractivity contribution is -0.125. The Kier molecular flexibility index (Phi) is 3.63. The zero-order valence-corrected chi connectivity index (χ0v) is 14.5. The van der Waals surface area contributed by atoms with E-state index >= 15 is 0 Å². The first kappa shape index (κ1) is 15.6. The van der Waals surface area contributed by atoms with Crippen LogP contribution in [0.2, 0.25) is 0 Å². The van der Waals surface area contributed by atoms with Crippen molar-refractivity contribution in [1.29, 1.82) is 0 Å². The second kappa shape index (κ2) is 5.58.